The molecule has 3 amide bonds. The van der Waals surface area contributed by atoms with Gasteiger partial charge in [0.15, 0.2) is 6.61 Å². The molecule has 2 aromatic rings. The Morgan fingerprint density at radius 1 is 1.23 bits per heavy atom. The van der Waals surface area contributed by atoms with Gasteiger partial charge in [0.2, 0.25) is 5.78 Å². The second-order valence-electron chi connectivity index (χ2n) is 8.19. The molecule has 8 nitrogen and oxygen atoms in total. The second kappa shape index (κ2) is 7.59. The van der Waals surface area contributed by atoms with E-state index in [9.17, 15) is 19.2 Å². The Morgan fingerprint density at radius 2 is 2.00 bits per heavy atom. The van der Waals surface area contributed by atoms with Gasteiger partial charge >= 0.3 is 12.0 Å². The van der Waals surface area contributed by atoms with Crippen LogP contribution in [0.1, 0.15) is 48.7 Å². The van der Waals surface area contributed by atoms with Crippen LogP contribution in [0, 0.1) is 12.8 Å². The topological polar surface area (TPSA) is 109 Å². The minimum absolute atomic E-state index is 0.00939. The van der Waals surface area contributed by atoms with Crippen molar-refractivity contribution < 1.29 is 23.9 Å². The van der Waals surface area contributed by atoms with Crippen molar-refractivity contribution in [3.63, 3.8) is 0 Å². The molecular formula is C22H25N3O5. The van der Waals surface area contributed by atoms with Crippen molar-refractivity contribution in [3.05, 3.63) is 35.5 Å². The van der Waals surface area contributed by atoms with Crippen LogP contribution in [-0.4, -0.2) is 52.3 Å². The lowest BCUT2D eigenvalue weighted by molar-refractivity contribution is -0.147. The quantitative estimate of drug-likeness (QED) is 0.447. The molecule has 2 heterocycles. The first kappa shape index (κ1) is 20.1. The van der Waals surface area contributed by atoms with E-state index in [1.165, 1.54) is 0 Å². The average molecular weight is 411 g/mol. The fraction of sp³-hybridized carbons (Fsp3) is 0.455. The number of aromatic amines is 1. The Kier molecular flexibility index (Phi) is 5.09. The number of H-pyrrole nitrogens is 1. The minimum atomic E-state index is -0.924. The summed E-state index contributed by atoms with van der Waals surface area (Å²) in [6.07, 6.45) is 3.29. The lowest BCUT2D eigenvalue weighted by atomic mass is 9.73. The van der Waals surface area contributed by atoms with E-state index in [-0.39, 0.29) is 17.6 Å². The van der Waals surface area contributed by atoms with Crippen molar-refractivity contribution >= 4 is 34.6 Å². The number of nitrogens with one attached hydrogen (secondary N) is 2. The van der Waals surface area contributed by atoms with Crippen molar-refractivity contribution in [2.45, 2.75) is 45.1 Å². The zero-order valence-electron chi connectivity index (χ0n) is 17.1. The lowest BCUT2D eigenvalue weighted by Crippen LogP contribution is -2.54. The molecule has 2 N–H and O–H groups in total. The molecule has 1 saturated heterocycles. The maximum absolute atomic E-state index is 12.9. The summed E-state index contributed by atoms with van der Waals surface area (Å²) in [4.78, 5) is 54.3. The van der Waals surface area contributed by atoms with Crippen molar-refractivity contribution in [1.29, 1.82) is 0 Å². The van der Waals surface area contributed by atoms with Gasteiger partial charge in [-0.2, -0.15) is 0 Å². The number of hydrogen-bond acceptors (Lipinski definition) is 5. The number of carbonyl (C=O) groups is 4. The number of aromatic nitrogens is 1. The number of rotatable bonds is 5. The van der Waals surface area contributed by atoms with Crippen molar-refractivity contribution in [2.75, 3.05) is 13.2 Å². The van der Waals surface area contributed by atoms with Crippen LogP contribution in [0.2, 0.25) is 0 Å². The minimum Gasteiger partial charge on any atom is -0.456 e. The number of para-hydroxylation sites is 1. The van der Waals surface area contributed by atoms with Crippen LogP contribution >= 0.6 is 0 Å². The normalized spacial score (nSPS) is 23.8. The molecular weight excluding hydrogens is 386 g/mol. The molecule has 2 aliphatic rings. The molecule has 8 heteroatoms. The molecule has 1 saturated carbocycles. The third-order valence-electron chi connectivity index (χ3n) is 6.33. The molecule has 0 unspecified atom stereocenters. The van der Waals surface area contributed by atoms with Crippen LogP contribution in [0.5, 0.6) is 0 Å². The predicted octanol–water partition coefficient (Wildman–Crippen LogP) is 2.70. The highest BCUT2D eigenvalue weighted by atomic mass is 16.5. The van der Waals surface area contributed by atoms with Gasteiger partial charge in [-0.1, -0.05) is 38.0 Å². The molecule has 1 aliphatic carbocycles. The van der Waals surface area contributed by atoms with Gasteiger partial charge in [-0.15, -0.1) is 0 Å². The van der Waals surface area contributed by atoms with Crippen molar-refractivity contribution in [2.24, 2.45) is 5.92 Å². The molecule has 1 aliphatic heterocycles. The molecule has 0 bridgehead atoms. The SMILES string of the molecule is Cc1[nH]c2ccccc2c1C(=O)COC(=O)CN1C(=O)N[C@]2(CCCC[C@H]2C)C1=O. The average Bonchev–Trinajstić information content (AvgIpc) is 3.17. The number of amides is 3. The third kappa shape index (κ3) is 3.26. The summed E-state index contributed by atoms with van der Waals surface area (Å²) in [5.41, 5.74) is 1.07. The smallest absolute Gasteiger partial charge is 0.326 e. The predicted molar refractivity (Wildman–Crippen MR) is 109 cm³/mol. The first-order chi connectivity index (χ1) is 14.3. The zero-order valence-corrected chi connectivity index (χ0v) is 17.1. The van der Waals surface area contributed by atoms with Gasteiger partial charge in [0.05, 0.1) is 0 Å². The number of imide groups is 1. The number of ketones is 1. The summed E-state index contributed by atoms with van der Waals surface area (Å²) in [7, 11) is 0. The van der Waals surface area contributed by atoms with Gasteiger partial charge in [0.25, 0.3) is 5.91 Å². The number of hydrogen-bond donors (Lipinski definition) is 2. The van der Waals surface area contributed by atoms with E-state index in [2.05, 4.69) is 10.3 Å². The molecule has 2 atom stereocenters. The highest BCUT2D eigenvalue weighted by Gasteiger charge is 2.55. The number of ether oxygens (including phenoxy) is 1. The van der Waals surface area contributed by atoms with E-state index in [0.29, 0.717) is 17.7 Å². The van der Waals surface area contributed by atoms with E-state index in [0.717, 1.165) is 35.1 Å². The maximum Gasteiger partial charge on any atom is 0.326 e. The molecule has 1 aromatic heterocycles. The van der Waals surface area contributed by atoms with Gasteiger partial charge < -0.3 is 15.0 Å². The van der Waals surface area contributed by atoms with E-state index in [1.54, 1.807) is 6.92 Å². The monoisotopic (exact) mass is 411 g/mol. The van der Waals surface area contributed by atoms with Gasteiger partial charge in [0.1, 0.15) is 12.1 Å². The summed E-state index contributed by atoms with van der Waals surface area (Å²) in [5.74, 6) is -1.50. The number of Topliss-reactive ketones (excluding diaryl/α,β-unsaturated/α-hetero) is 1. The summed E-state index contributed by atoms with van der Waals surface area (Å²) < 4.78 is 5.12. The van der Waals surface area contributed by atoms with Gasteiger partial charge in [-0.3, -0.25) is 19.3 Å². The Morgan fingerprint density at radius 3 is 2.77 bits per heavy atom. The molecule has 1 spiro atoms. The largest absolute Gasteiger partial charge is 0.456 e. The Bertz CT molecular complexity index is 1040. The molecule has 4 rings (SSSR count). The molecule has 30 heavy (non-hydrogen) atoms. The van der Waals surface area contributed by atoms with E-state index < -0.39 is 30.7 Å². The van der Waals surface area contributed by atoms with Crippen LogP contribution < -0.4 is 5.32 Å². The second-order valence-corrected chi connectivity index (χ2v) is 8.19. The first-order valence-corrected chi connectivity index (χ1v) is 10.2. The van der Waals surface area contributed by atoms with E-state index in [1.807, 2.05) is 31.2 Å². The van der Waals surface area contributed by atoms with Crippen LogP contribution in [0.3, 0.4) is 0 Å². The summed E-state index contributed by atoms with van der Waals surface area (Å²) in [5, 5.41) is 3.56. The Balaban J connectivity index is 1.40. The van der Waals surface area contributed by atoms with Gasteiger partial charge in [-0.25, -0.2) is 4.79 Å². The summed E-state index contributed by atoms with van der Waals surface area (Å²) >= 11 is 0. The summed E-state index contributed by atoms with van der Waals surface area (Å²) in [6, 6.07) is 6.81. The molecule has 0 radical (unpaired) electrons. The van der Waals surface area contributed by atoms with E-state index in [4.69, 9.17) is 4.74 Å². The number of fused-ring (bicyclic) bond motifs is 1. The highest BCUT2D eigenvalue weighted by molar-refractivity contribution is 6.11. The van der Waals surface area contributed by atoms with Crippen LogP contribution in [0.25, 0.3) is 10.9 Å². The third-order valence-corrected chi connectivity index (χ3v) is 6.33. The Hall–Kier alpha value is -3.16. The highest BCUT2D eigenvalue weighted by Crippen LogP contribution is 2.38. The number of benzene rings is 1. The van der Waals surface area contributed by atoms with Crippen LogP contribution in [0.15, 0.2) is 24.3 Å². The maximum atomic E-state index is 12.9. The number of aryl methyl sites for hydroxylation is 1. The van der Waals surface area contributed by atoms with Crippen molar-refractivity contribution in [3.8, 4) is 0 Å². The molecule has 2 fully saturated rings. The standard InChI is InChI=1S/C22H25N3O5/c1-13-7-5-6-10-22(13)20(28)25(21(29)24-22)11-18(27)30-12-17(26)19-14(2)23-16-9-4-3-8-15(16)19/h3-4,8-9,13,23H,5-7,10-12H2,1-2H3,(H,24,29)/t13-,22+/m1/s1. The lowest BCUT2D eigenvalue weighted by Gasteiger charge is -2.36. The fourth-order valence-electron chi connectivity index (χ4n) is 4.67. The molecule has 1 aromatic carbocycles. The number of esters is 1. The van der Waals surface area contributed by atoms with E-state index >= 15 is 0 Å². The number of carbonyl (C=O) groups excluding carboxylic acids is 4. The van der Waals surface area contributed by atoms with Crippen molar-refractivity contribution in [1.82, 2.24) is 15.2 Å². The first-order valence-electron chi connectivity index (χ1n) is 10.2. The number of urea groups is 1. The molecule has 158 valence electrons. The number of nitrogens with zero attached hydrogens (tertiary/aromatic N) is 1. The van der Waals surface area contributed by atoms with Gasteiger partial charge in [0, 0.05) is 22.2 Å². The van der Waals surface area contributed by atoms with Crippen LogP contribution in [-0.2, 0) is 14.3 Å². The fourth-order valence-corrected chi connectivity index (χ4v) is 4.67. The van der Waals surface area contributed by atoms with Crippen LogP contribution in [0.4, 0.5) is 4.79 Å². The van der Waals surface area contributed by atoms with Gasteiger partial charge in [-0.05, 0) is 31.7 Å². The summed E-state index contributed by atoms with van der Waals surface area (Å²) in [6.45, 7) is 2.78. The zero-order chi connectivity index (χ0) is 21.5. The Labute approximate surface area is 173 Å².